The van der Waals surface area contributed by atoms with Crippen LogP contribution in [0.4, 0.5) is 5.69 Å². The van der Waals surface area contributed by atoms with Crippen LogP contribution in [-0.4, -0.2) is 5.16 Å². The average Bonchev–Trinajstić information content (AvgIpc) is 2.06. The van der Waals surface area contributed by atoms with Crippen LogP contribution in [0.15, 0.2) is 29.3 Å². The molecule has 0 aliphatic rings. The van der Waals surface area contributed by atoms with E-state index in [4.69, 9.17) is 0 Å². The van der Waals surface area contributed by atoms with Crippen LogP contribution in [0.5, 0.6) is 0 Å². The zero-order chi connectivity index (χ0) is 8.10. The van der Waals surface area contributed by atoms with Gasteiger partial charge in [-0.15, -0.1) is 0 Å². The van der Waals surface area contributed by atoms with Crippen molar-refractivity contribution in [1.82, 2.24) is 0 Å². The Balaban J connectivity index is 3.00. The average molecular weight is 163 g/mol. The fourth-order valence-electron chi connectivity index (χ4n) is 0.899. The zero-order valence-corrected chi connectivity index (χ0v) is 7.19. The lowest BCUT2D eigenvalue weighted by molar-refractivity contribution is 1.14. The van der Waals surface area contributed by atoms with Gasteiger partial charge < -0.3 is 0 Å². The molecule has 11 heavy (non-hydrogen) atoms. The fraction of sp³-hybridized carbons (Fsp3) is 0.222. The molecule has 0 radical (unpaired) electrons. The van der Waals surface area contributed by atoms with E-state index in [1.807, 2.05) is 18.2 Å². The predicted molar refractivity (Wildman–Crippen MR) is 50.5 cm³/mol. The Morgan fingerprint density at radius 2 is 2.36 bits per heavy atom. The van der Waals surface area contributed by atoms with Crippen LogP contribution in [0, 0.1) is 0 Å². The number of aliphatic imine (C=N–C) groups is 1. The van der Waals surface area contributed by atoms with Crippen molar-refractivity contribution >= 4 is 23.1 Å². The van der Waals surface area contributed by atoms with Crippen LogP contribution in [0.2, 0.25) is 0 Å². The molecule has 0 unspecified atom stereocenters. The van der Waals surface area contributed by atoms with Gasteiger partial charge in [0.1, 0.15) is 0 Å². The highest BCUT2D eigenvalue weighted by molar-refractivity contribution is 7.78. The number of hydrogen-bond donors (Lipinski definition) is 0. The third kappa shape index (κ3) is 2.26. The number of hydrogen-bond acceptors (Lipinski definition) is 2. The minimum absolute atomic E-state index is 0.888. The largest absolute Gasteiger partial charge is 0.195 e. The van der Waals surface area contributed by atoms with Crippen LogP contribution in [-0.2, 0) is 6.42 Å². The van der Waals surface area contributed by atoms with Gasteiger partial charge in [-0.1, -0.05) is 19.1 Å². The van der Waals surface area contributed by atoms with E-state index in [1.54, 1.807) is 0 Å². The van der Waals surface area contributed by atoms with E-state index in [1.165, 1.54) is 5.56 Å². The second kappa shape index (κ2) is 4.02. The molecule has 0 aliphatic heterocycles. The molecule has 0 N–H and O–H groups in total. The van der Waals surface area contributed by atoms with Gasteiger partial charge in [0.25, 0.3) is 0 Å². The minimum atomic E-state index is 0.888. The first kappa shape index (κ1) is 8.12. The number of rotatable bonds is 2. The molecule has 2 heteroatoms. The molecule has 0 saturated carbocycles. The van der Waals surface area contributed by atoms with E-state index in [9.17, 15) is 0 Å². The molecule has 56 valence electrons. The van der Waals surface area contributed by atoms with Gasteiger partial charge in [-0.25, -0.2) is 0 Å². The van der Waals surface area contributed by atoms with Crippen molar-refractivity contribution in [3.05, 3.63) is 29.8 Å². The second-order valence-electron chi connectivity index (χ2n) is 2.23. The molecule has 1 rings (SSSR count). The van der Waals surface area contributed by atoms with Crippen LogP contribution >= 0.6 is 12.2 Å². The maximum Gasteiger partial charge on any atom is 0.0742 e. The summed E-state index contributed by atoms with van der Waals surface area (Å²) in [6.07, 6.45) is 1.03. The monoisotopic (exact) mass is 163 g/mol. The predicted octanol–water partition coefficient (Wildman–Crippen LogP) is 2.98. The van der Waals surface area contributed by atoms with Crippen LogP contribution < -0.4 is 0 Å². The zero-order valence-electron chi connectivity index (χ0n) is 6.37. The summed E-state index contributed by atoms with van der Waals surface area (Å²) in [4.78, 5) is 3.88. The van der Waals surface area contributed by atoms with Gasteiger partial charge in [-0.2, -0.15) is 4.99 Å². The van der Waals surface area contributed by atoms with Crippen molar-refractivity contribution in [1.29, 1.82) is 0 Å². The van der Waals surface area contributed by atoms with Crippen molar-refractivity contribution in [3.63, 3.8) is 0 Å². The molecular formula is C9H9NS. The first-order chi connectivity index (χ1) is 5.36. The smallest absolute Gasteiger partial charge is 0.0742 e. The number of isothiocyanates is 1. The molecule has 0 heterocycles. The van der Waals surface area contributed by atoms with E-state index in [0.717, 1.165) is 12.1 Å². The highest BCUT2D eigenvalue weighted by Gasteiger charge is 1.89. The molecule has 0 spiro atoms. The van der Waals surface area contributed by atoms with Crippen molar-refractivity contribution in [3.8, 4) is 0 Å². The standard InChI is InChI=1S/C9H9NS/c1-2-8-4-3-5-9(6-8)10-7-11/h3-6H,2H2,1H3. The van der Waals surface area contributed by atoms with Gasteiger partial charge in [-0.3, -0.25) is 0 Å². The summed E-state index contributed by atoms with van der Waals surface area (Å²) in [6, 6.07) is 7.98. The SMILES string of the molecule is CCc1cccc(N=C=S)c1. The fourth-order valence-corrected chi connectivity index (χ4v) is 1.00. The number of aryl methyl sites for hydroxylation is 1. The Kier molecular flexibility index (Phi) is 2.96. The minimum Gasteiger partial charge on any atom is -0.195 e. The van der Waals surface area contributed by atoms with Gasteiger partial charge in [0.05, 0.1) is 10.8 Å². The normalized spacial score (nSPS) is 8.82. The highest BCUT2D eigenvalue weighted by atomic mass is 32.1. The maximum atomic E-state index is 4.50. The van der Waals surface area contributed by atoms with Gasteiger partial charge >= 0.3 is 0 Å². The molecule has 0 amide bonds. The van der Waals surface area contributed by atoms with E-state index in [-0.39, 0.29) is 0 Å². The van der Waals surface area contributed by atoms with Crippen molar-refractivity contribution in [2.75, 3.05) is 0 Å². The molecule has 0 saturated heterocycles. The van der Waals surface area contributed by atoms with E-state index in [2.05, 4.69) is 35.4 Å². The first-order valence-corrected chi connectivity index (χ1v) is 3.94. The summed E-state index contributed by atoms with van der Waals surface area (Å²) in [7, 11) is 0. The molecule has 1 nitrogen and oxygen atoms in total. The lowest BCUT2D eigenvalue weighted by Gasteiger charge is -1.95. The maximum absolute atomic E-state index is 4.50. The Hall–Kier alpha value is -0.980. The third-order valence-electron chi connectivity index (χ3n) is 1.49. The summed E-state index contributed by atoms with van der Waals surface area (Å²) in [5, 5.41) is 2.34. The molecule has 0 aromatic heterocycles. The molecule has 0 aliphatic carbocycles. The number of benzene rings is 1. The summed E-state index contributed by atoms with van der Waals surface area (Å²) < 4.78 is 0. The Morgan fingerprint density at radius 3 is 3.00 bits per heavy atom. The summed E-state index contributed by atoms with van der Waals surface area (Å²) >= 11 is 4.50. The summed E-state index contributed by atoms with van der Waals surface area (Å²) in [5.41, 5.74) is 2.16. The lowest BCUT2D eigenvalue weighted by Crippen LogP contribution is -1.76. The Morgan fingerprint density at radius 1 is 1.55 bits per heavy atom. The van der Waals surface area contributed by atoms with E-state index < -0.39 is 0 Å². The van der Waals surface area contributed by atoms with Crippen LogP contribution in [0.25, 0.3) is 0 Å². The van der Waals surface area contributed by atoms with E-state index >= 15 is 0 Å². The highest BCUT2D eigenvalue weighted by Crippen LogP contribution is 2.13. The summed E-state index contributed by atoms with van der Waals surface area (Å²) in [6.45, 7) is 2.11. The first-order valence-electron chi connectivity index (χ1n) is 3.53. The second-order valence-corrected chi connectivity index (χ2v) is 2.41. The molecular weight excluding hydrogens is 154 g/mol. The topological polar surface area (TPSA) is 12.4 Å². The van der Waals surface area contributed by atoms with Crippen molar-refractivity contribution in [2.45, 2.75) is 13.3 Å². The third-order valence-corrected chi connectivity index (χ3v) is 1.58. The van der Waals surface area contributed by atoms with Gasteiger partial charge in [0, 0.05) is 0 Å². The van der Waals surface area contributed by atoms with Gasteiger partial charge in [0.15, 0.2) is 0 Å². The van der Waals surface area contributed by atoms with Crippen LogP contribution in [0.3, 0.4) is 0 Å². The Labute approximate surface area is 71.8 Å². The van der Waals surface area contributed by atoms with Gasteiger partial charge in [0.2, 0.25) is 0 Å². The quantitative estimate of drug-likeness (QED) is 0.482. The number of thiocarbonyl (C=S) groups is 1. The molecule has 0 fully saturated rings. The molecule has 0 atom stereocenters. The lowest BCUT2D eigenvalue weighted by atomic mass is 10.1. The molecule has 1 aromatic carbocycles. The van der Waals surface area contributed by atoms with Crippen molar-refractivity contribution < 1.29 is 0 Å². The van der Waals surface area contributed by atoms with Gasteiger partial charge in [-0.05, 0) is 36.3 Å². The van der Waals surface area contributed by atoms with Crippen LogP contribution in [0.1, 0.15) is 12.5 Å². The number of nitrogens with zero attached hydrogens (tertiary/aromatic N) is 1. The molecule has 0 bridgehead atoms. The van der Waals surface area contributed by atoms with Crippen molar-refractivity contribution in [2.24, 2.45) is 4.99 Å². The van der Waals surface area contributed by atoms with E-state index in [0.29, 0.717) is 0 Å². The Bertz CT molecular complexity index is 287. The molecule has 1 aromatic rings. The summed E-state index contributed by atoms with van der Waals surface area (Å²) in [5.74, 6) is 0.